The van der Waals surface area contributed by atoms with Gasteiger partial charge in [0.2, 0.25) is 0 Å². The molecule has 0 aliphatic rings. The third-order valence-corrected chi connectivity index (χ3v) is 5.95. The molecular formula is C24H20BrF3N2O4. The fourth-order valence-corrected chi connectivity index (χ4v) is 4.26. The van der Waals surface area contributed by atoms with Crippen molar-refractivity contribution in [2.24, 2.45) is 0 Å². The molecule has 2 heterocycles. The molecule has 0 amide bonds. The van der Waals surface area contributed by atoms with Gasteiger partial charge in [-0.25, -0.2) is 0 Å². The second-order valence-electron chi connectivity index (χ2n) is 7.47. The Labute approximate surface area is 200 Å². The Morgan fingerprint density at radius 1 is 1.03 bits per heavy atom. The molecule has 10 heteroatoms. The SMILES string of the molecule is COc1cc(OC)cc(-c2cn(-c3cc(Br)ccc3C(F)(F)F)c(=O)c3c2ccn3CCO)c1. The number of hydrogen-bond donors (Lipinski definition) is 1. The van der Waals surface area contributed by atoms with Gasteiger partial charge in [-0.3, -0.25) is 9.36 Å². The second kappa shape index (κ2) is 9.19. The van der Waals surface area contributed by atoms with Crippen molar-refractivity contribution in [3.8, 4) is 28.3 Å². The van der Waals surface area contributed by atoms with Crippen molar-refractivity contribution in [2.75, 3.05) is 20.8 Å². The smallest absolute Gasteiger partial charge is 0.418 e. The first-order valence-electron chi connectivity index (χ1n) is 10.1. The van der Waals surface area contributed by atoms with Crippen molar-refractivity contribution in [1.82, 2.24) is 9.13 Å². The van der Waals surface area contributed by atoms with E-state index in [1.54, 1.807) is 30.5 Å². The maximum atomic E-state index is 13.9. The number of aliphatic hydroxyl groups excluding tert-OH is 1. The molecule has 0 saturated heterocycles. The lowest BCUT2D eigenvalue weighted by Crippen LogP contribution is -2.24. The molecule has 178 valence electrons. The molecule has 0 aliphatic carbocycles. The first-order valence-corrected chi connectivity index (χ1v) is 10.9. The number of nitrogens with zero attached hydrogens (tertiary/aromatic N) is 2. The van der Waals surface area contributed by atoms with Crippen molar-refractivity contribution in [3.63, 3.8) is 0 Å². The lowest BCUT2D eigenvalue weighted by atomic mass is 10.0. The van der Waals surface area contributed by atoms with Gasteiger partial charge in [-0.05, 0) is 42.0 Å². The van der Waals surface area contributed by atoms with Crippen LogP contribution in [0.4, 0.5) is 13.2 Å². The van der Waals surface area contributed by atoms with E-state index in [1.807, 2.05) is 0 Å². The van der Waals surface area contributed by atoms with E-state index in [-0.39, 0.29) is 24.4 Å². The standard InChI is InChI=1S/C24H20BrF3N2O4/c1-33-16-9-14(10-17(12-16)34-2)19-13-30(21-11-15(25)3-4-20(21)24(26,27)28)23(32)22-18(19)5-6-29(22)7-8-31/h3-6,9-13,31H,7-8H2,1-2H3. The van der Waals surface area contributed by atoms with E-state index in [4.69, 9.17) is 9.47 Å². The van der Waals surface area contributed by atoms with Crippen LogP contribution in [-0.2, 0) is 12.7 Å². The van der Waals surface area contributed by atoms with E-state index in [1.165, 1.54) is 37.1 Å². The Morgan fingerprint density at radius 3 is 2.29 bits per heavy atom. The van der Waals surface area contributed by atoms with Crippen molar-refractivity contribution >= 4 is 26.8 Å². The van der Waals surface area contributed by atoms with Crippen LogP contribution in [0.25, 0.3) is 27.7 Å². The van der Waals surface area contributed by atoms with Gasteiger partial charge in [0.05, 0.1) is 32.1 Å². The summed E-state index contributed by atoms with van der Waals surface area (Å²) in [5.41, 5.74) is -0.665. The predicted octanol–water partition coefficient (Wildman–Crippen LogP) is 5.25. The highest BCUT2D eigenvalue weighted by molar-refractivity contribution is 9.10. The highest BCUT2D eigenvalue weighted by Gasteiger charge is 2.34. The zero-order valence-corrected chi connectivity index (χ0v) is 19.8. The minimum absolute atomic E-state index is 0.105. The minimum Gasteiger partial charge on any atom is -0.497 e. The van der Waals surface area contributed by atoms with Gasteiger partial charge in [0, 0.05) is 40.4 Å². The maximum Gasteiger partial charge on any atom is 0.418 e. The van der Waals surface area contributed by atoms with Crippen molar-refractivity contribution in [3.05, 3.63) is 75.2 Å². The number of aliphatic hydroxyl groups is 1. The van der Waals surface area contributed by atoms with E-state index in [9.17, 15) is 23.1 Å². The molecule has 6 nitrogen and oxygen atoms in total. The summed E-state index contributed by atoms with van der Waals surface area (Å²) in [4.78, 5) is 13.5. The summed E-state index contributed by atoms with van der Waals surface area (Å²) in [5.74, 6) is 0.960. The topological polar surface area (TPSA) is 65.6 Å². The van der Waals surface area contributed by atoms with Gasteiger partial charge >= 0.3 is 6.18 Å². The molecule has 0 fully saturated rings. The number of halogens is 4. The largest absolute Gasteiger partial charge is 0.497 e. The summed E-state index contributed by atoms with van der Waals surface area (Å²) in [7, 11) is 2.98. The molecule has 0 saturated carbocycles. The number of methoxy groups -OCH3 is 2. The number of pyridine rings is 1. The fraction of sp³-hybridized carbons (Fsp3) is 0.208. The first kappa shape index (κ1) is 23.9. The predicted molar refractivity (Wildman–Crippen MR) is 126 cm³/mol. The average molecular weight is 537 g/mol. The number of ether oxygens (including phenoxy) is 2. The van der Waals surface area contributed by atoms with E-state index in [0.29, 0.717) is 32.5 Å². The van der Waals surface area contributed by atoms with Crippen LogP contribution in [-0.4, -0.2) is 35.1 Å². The first-order chi connectivity index (χ1) is 16.2. The van der Waals surface area contributed by atoms with Crippen molar-refractivity contribution in [1.29, 1.82) is 0 Å². The van der Waals surface area contributed by atoms with E-state index < -0.39 is 17.3 Å². The molecule has 1 N–H and O–H groups in total. The van der Waals surface area contributed by atoms with Gasteiger partial charge in [0.1, 0.15) is 17.0 Å². The van der Waals surface area contributed by atoms with Gasteiger partial charge in [0.25, 0.3) is 5.56 Å². The normalized spacial score (nSPS) is 11.7. The van der Waals surface area contributed by atoms with E-state index in [0.717, 1.165) is 10.6 Å². The summed E-state index contributed by atoms with van der Waals surface area (Å²) in [5, 5.41) is 9.99. The fourth-order valence-electron chi connectivity index (χ4n) is 3.91. The molecule has 0 spiro atoms. The third kappa shape index (κ3) is 4.30. The van der Waals surface area contributed by atoms with Crippen LogP contribution in [0.15, 0.2) is 64.1 Å². The Bertz CT molecular complexity index is 1400. The van der Waals surface area contributed by atoms with Crippen LogP contribution in [0.3, 0.4) is 0 Å². The molecule has 0 bridgehead atoms. The summed E-state index contributed by atoms with van der Waals surface area (Å²) in [6, 6.07) is 10.2. The van der Waals surface area contributed by atoms with E-state index >= 15 is 0 Å². The van der Waals surface area contributed by atoms with Gasteiger partial charge in [0.15, 0.2) is 0 Å². The van der Waals surface area contributed by atoms with Crippen molar-refractivity contribution in [2.45, 2.75) is 12.7 Å². The summed E-state index contributed by atoms with van der Waals surface area (Å²) in [6.45, 7) is -0.140. The molecule has 0 unspecified atom stereocenters. The Kier molecular flexibility index (Phi) is 6.46. The van der Waals surface area contributed by atoms with Gasteiger partial charge in [-0.1, -0.05) is 15.9 Å². The monoisotopic (exact) mass is 536 g/mol. The zero-order valence-electron chi connectivity index (χ0n) is 18.2. The van der Waals surface area contributed by atoms with Crippen LogP contribution < -0.4 is 15.0 Å². The number of hydrogen-bond acceptors (Lipinski definition) is 4. The summed E-state index contributed by atoms with van der Waals surface area (Å²) < 4.78 is 55.2. The number of aromatic nitrogens is 2. The lowest BCUT2D eigenvalue weighted by molar-refractivity contribution is -0.137. The minimum atomic E-state index is -4.68. The average Bonchev–Trinajstić information content (AvgIpc) is 3.22. The maximum absolute atomic E-state index is 13.9. The summed E-state index contributed by atoms with van der Waals surface area (Å²) in [6.07, 6.45) is -1.67. The molecule has 0 aliphatic heterocycles. The van der Waals surface area contributed by atoms with Gasteiger partial charge in [-0.2, -0.15) is 13.2 Å². The Morgan fingerprint density at radius 2 is 1.71 bits per heavy atom. The van der Waals surface area contributed by atoms with Crippen LogP contribution in [0.1, 0.15) is 5.56 Å². The highest BCUT2D eigenvalue weighted by atomic mass is 79.9. The molecule has 34 heavy (non-hydrogen) atoms. The number of rotatable bonds is 6. The Hall–Kier alpha value is -3.24. The molecule has 2 aromatic heterocycles. The number of fused-ring (bicyclic) bond motifs is 1. The zero-order chi connectivity index (χ0) is 24.6. The third-order valence-electron chi connectivity index (χ3n) is 5.46. The van der Waals surface area contributed by atoms with Crippen molar-refractivity contribution < 1.29 is 27.8 Å². The summed E-state index contributed by atoms with van der Waals surface area (Å²) >= 11 is 3.21. The molecule has 2 aromatic carbocycles. The second-order valence-corrected chi connectivity index (χ2v) is 8.39. The molecule has 4 rings (SSSR count). The number of alkyl halides is 3. The highest BCUT2D eigenvalue weighted by Crippen LogP contribution is 2.37. The lowest BCUT2D eigenvalue weighted by Gasteiger charge is -2.18. The van der Waals surface area contributed by atoms with Crippen LogP contribution in [0, 0.1) is 0 Å². The quantitative estimate of drug-likeness (QED) is 0.365. The van der Waals surface area contributed by atoms with Crippen LogP contribution in [0.5, 0.6) is 11.5 Å². The molecular weight excluding hydrogens is 517 g/mol. The molecule has 4 aromatic rings. The van der Waals surface area contributed by atoms with Gasteiger partial charge in [-0.15, -0.1) is 0 Å². The Balaban J connectivity index is 2.13. The van der Waals surface area contributed by atoms with Crippen LogP contribution >= 0.6 is 15.9 Å². The molecule has 0 radical (unpaired) electrons. The van der Waals surface area contributed by atoms with E-state index in [2.05, 4.69) is 15.9 Å². The molecule has 0 atom stereocenters. The van der Waals surface area contributed by atoms with Crippen LogP contribution in [0.2, 0.25) is 0 Å². The van der Waals surface area contributed by atoms with Gasteiger partial charge < -0.3 is 19.1 Å². The number of benzene rings is 2.